The summed E-state index contributed by atoms with van der Waals surface area (Å²) in [6.07, 6.45) is 0.545. The summed E-state index contributed by atoms with van der Waals surface area (Å²) in [6.45, 7) is 5.23. The lowest BCUT2D eigenvalue weighted by molar-refractivity contribution is -0.119. The molecule has 0 aliphatic carbocycles. The summed E-state index contributed by atoms with van der Waals surface area (Å²) in [5.41, 5.74) is -1.34. The zero-order chi connectivity index (χ0) is 12.4. The average molecular weight is 240 g/mol. The van der Waals surface area contributed by atoms with Crippen LogP contribution < -0.4 is 5.30 Å². The predicted molar refractivity (Wildman–Crippen MR) is 65.0 cm³/mol. The van der Waals surface area contributed by atoms with Crippen LogP contribution in [0.25, 0.3) is 0 Å². The molecule has 0 aromatic heterocycles. The fraction of sp³-hybridized carbons (Fsp3) is 0.417. The van der Waals surface area contributed by atoms with E-state index >= 15 is 0 Å². The van der Waals surface area contributed by atoms with Gasteiger partial charge in [0, 0.05) is 10.7 Å². The van der Waals surface area contributed by atoms with Gasteiger partial charge in [-0.25, -0.2) is 0 Å². The molecule has 0 saturated carbocycles. The van der Waals surface area contributed by atoms with E-state index in [2.05, 4.69) is 0 Å². The Balaban J connectivity index is 3.14. The number of benzene rings is 1. The highest BCUT2D eigenvalue weighted by molar-refractivity contribution is 7.82. The molecule has 3 nitrogen and oxygen atoms in total. The molecule has 1 rings (SSSR count). The largest absolute Gasteiger partial charge is 0.336 e. The van der Waals surface area contributed by atoms with Gasteiger partial charge in [-0.2, -0.15) is 0 Å². The van der Waals surface area contributed by atoms with Crippen molar-refractivity contribution >= 4 is 18.2 Å². The molecule has 0 heterocycles. The van der Waals surface area contributed by atoms with E-state index in [0.717, 1.165) is 0 Å². The first-order valence-electron chi connectivity index (χ1n) is 5.26. The highest BCUT2D eigenvalue weighted by atomic mass is 31.2. The molecule has 88 valence electrons. The van der Waals surface area contributed by atoms with Crippen LogP contribution in [0, 0.1) is 5.41 Å². The van der Waals surface area contributed by atoms with E-state index in [9.17, 15) is 14.3 Å². The second-order valence-corrected chi connectivity index (χ2v) is 6.53. The van der Waals surface area contributed by atoms with Crippen LogP contribution in [0.15, 0.2) is 30.3 Å². The maximum absolute atomic E-state index is 12.1. The topological polar surface area (TPSA) is 54.4 Å². The molecule has 0 spiro atoms. The third-order valence-electron chi connectivity index (χ3n) is 2.84. The van der Waals surface area contributed by atoms with Crippen molar-refractivity contribution in [2.24, 2.45) is 5.41 Å². The molecule has 1 unspecified atom stereocenters. The Hall–Kier alpha value is -0.920. The average Bonchev–Trinajstić information content (AvgIpc) is 2.29. The van der Waals surface area contributed by atoms with Gasteiger partial charge in [0.15, 0.2) is 0 Å². The van der Waals surface area contributed by atoms with Crippen molar-refractivity contribution in [3.8, 4) is 0 Å². The van der Waals surface area contributed by atoms with Crippen molar-refractivity contribution < 1.29 is 14.3 Å². The second-order valence-electron chi connectivity index (χ2n) is 4.45. The zero-order valence-corrected chi connectivity index (χ0v) is 10.7. The third kappa shape index (κ3) is 2.42. The van der Waals surface area contributed by atoms with Gasteiger partial charge in [-0.1, -0.05) is 39.0 Å². The number of hydrogen-bond donors (Lipinski definition) is 1. The predicted octanol–water partition coefficient (Wildman–Crippen LogP) is 2.55. The summed E-state index contributed by atoms with van der Waals surface area (Å²) in [5.74, 6) is 0. The Morgan fingerprint density at radius 3 is 2.25 bits per heavy atom. The van der Waals surface area contributed by atoms with Crippen molar-refractivity contribution in [1.29, 1.82) is 0 Å². The zero-order valence-electron chi connectivity index (χ0n) is 9.80. The molecule has 1 aromatic carbocycles. The fourth-order valence-electron chi connectivity index (χ4n) is 1.31. The van der Waals surface area contributed by atoms with Gasteiger partial charge in [0.25, 0.3) is 7.37 Å². The van der Waals surface area contributed by atoms with Gasteiger partial charge in [-0.15, -0.1) is 0 Å². The summed E-state index contributed by atoms with van der Waals surface area (Å²) in [6, 6.07) is 8.10. The monoisotopic (exact) mass is 240 g/mol. The van der Waals surface area contributed by atoms with E-state index < -0.39 is 18.3 Å². The third-order valence-corrected chi connectivity index (χ3v) is 5.00. The quantitative estimate of drug-likeness (QED) is 0.823. The van der Waals surface area contributed by atoms with E-state index in [1.54, 1.807) is 32.0 Å². The van der Waals surface area contributed by atoms with E-state index in [1.807, 2.05) is 6.92 Å². The minimum absolute atomic E-state index is 0.210. The molecule has 0 saturated heterocycles. The maximum atomic E-state index is 12.1. The van der Waals surface area contributed by atoms with Crippen molar-refractivity contribution in [3.05, 3.63) is 30.3 Å². The lowest BCUT2D eigenvalue weighted by atomic mass is 9.92. The van der Waals surface area contributed by atoms with Gasteiger partial charge in [0.1, 0.15) is 0 Å². The molecule has 1 N–H and O–H groups in total. The molecule has 0 radical (unpaired) electrons. The van der Waals surface area contributed by atoms with Crippen LogP contribution in [0.4, 0.5) is 0 Å². The minimum Gasteiger partial charge on any atom is -0.336 e. The molecular formula is C12H17O3P. The molecule has 0 aliphatic rings. The molecule has 4 heteroatoms. The van der Waals surface area contributed by atoms with Crippen molar-refractivity contribution in [2.75, 3.05) is 0 Å². The highest BCUT2D eigenvalue weighted by Crippen LogP contribution is 2.47. The Bertz CT molecular complexity index is 423. The molecule has 1 atom stereocenters. The first-order valence-corrected chi connectivity index (χ1v) is 6.91. The number of hydrogen-bond acceptors (Lipinski definition) is 2. The summed E-state index contributed by atoms with van der Waals surface area (Å²) in [7, 11) is -3.91. The maximum Gasteiger partial charge on any atom is 0.293 e. The first-order chi connectivity index (χ1) is 7.32. The SMILES string of the molecule is CCC(C)(C)C(=O)P(=O)(O)c1ccccc1. The molecular weight excluding hydrogens is 223 g/mol. The Morgan fingerprint density at radius 1 is 1.31 bits per heavy atom. The van der Waals surface area contributed by atoms with Crippen molar-refractivity contribution in [1.82, 2.24) is 0 Å². The summed E-state index contributed by atoms with van der Waals surface area (Å²) in [5, 5.41) is 0.210. The van der Waals surface area contributed by atoms with Crippen LogP contribution in [0.2, 0.25) is 0 Å². The van der Waals surface area contributed by atoms with Crippen LogP contribution in [0.3, 0.4) is 0 Å². The molecule has 16 heavy (non-hydrogen) atoms. The van der Waals surface area contributed by atoms with Crippen molar-refractivity contribution in [3.63, 3.8) is 0 Å². The van der Waals surface area contributed by atoms with Gasteiger partial charge in [0.2, 0.25) is 5.52 Å². The highest BCUT2D eigenvalue weighted by Gasteiger charge is 2.40. The molecule has 0 bridgehead atoms. The van der Waals surface area contributed by atoms with E-state index in [-0.39, 0.29) is 5.30 Å². The van der Waals surface area contributed by atoms with Crippen LogP contribution in [-0.2, 0) is 9.36 Å². The number of rotatable bonds is 4. The normalized spacial score (nSPS) is 15.5. The van der Waals surface area contributed by atoms with Gasteiger partial charge in [-0.05, 0) is 18.6 Å². The van der Waals surface area contributed by atoms with Crippen LogP contribution in [0.1, 0.15) is 27.2 Å². The smallest absolute Gasteiger partial charge is 0.293 e. The number of carbonyl (C=O) groups is 1. The Labute approximate surface area is 96.0 Å². The van der Waals surface area contributed by atoms with Crippen molar-refractivity contribution in [2.45, 2.75) is 27.2 Å². The minimum atomic E-state index is -3.91. The van der Waals surface area contributed by atoms with E-state index in [4.69, 9.17) is 0 Å². The molecule has 0 amide bonds. The fourth-order valence-corrected chi connectivity index (χ4v) is 3.10. The van der Waals surface area contributed by atoms with Crippen LogP contribution in [0.5, 0.6) is 0 Å². The van der Waals surface area contributed by atoms with Gasteiger partial charge < -0.3 is 4.89 Å². The number of carbonyl (C=O) groups excluding carboxylic acids is 1. The molecule has 1 aromatic rings. The van der Waals surface area contributed by atoms with Crippen LogP contribution in [-0.4, -0.2) is 10.4 Å². The molecule has 0 fully saturated rings. The van der Waals surface area contributed by atoms with Gasteiger partial charge in [-0.3, -0.25) is 9.36 Å². The summed E-state index contributed by atoms with van der Waals surface area (Å²) in [4.78, 5) is 21.9. The standard InChI is InChI=1S/C12H17O3P/c1-4-12(2,3)11(13)16(14,15)10-8-6-5-7-9-10/h5-9H,4H2,1-3H3,(H,14,15). The second kappa shape index (κ2) is 4.52. The van der Waals surface area contributed by atoms with Crippen LogP contribution >= 0.6 is 7.37 Å². The molecule has 0 aliphatic heterocycles. The van der Waals surface area contributed by atoms with E-state index in [0.29, 0.717) is 6.42 Å². The Kier molecular flexibility index (Phi) is 3.72. The van der Waals surface area contributed by atoms with Gasteiger partial charge in [0.05, 0.1) is 0 Å². The van der Waals surface area contributed by atoms with Gasteiger partial charge >= 0.3 is 0 Å². The first kappa shape index (κ1) is 13.1. The lowest BCUT2D eigenvalue weighted by Crippen LogP contribution is -2.27. The van der Waals surface area contributed by atoms with E-state index in [1.165, 1.54) is 12.1 Å². The Morgan fingerprint density at radius 2 is 1.81 bits per heavy atom. The summed E-state index contributed by atoms with van der Waals surface area (Å²) < 4.78 is 12.1. The summed E-state index contributed by atoms with van der Waals surface area (Å²) >= 11 is 0. The lowest BCUT2D eigenvalue weighted by Gasteiger charge is -2.23.